The van der Waals surface area contributed by atoms with E-state index >= 15 is 0 Å². The molecular weight excluding hydrogens is 338 g/mol. The van der Waals surface area contributed by atoms with Gasteiger partial charge in [0.2, 0.25) is 0 Å². The van der Waals surface area contributed by atoms with Crippen molar-refractivity contribution in [2.45, 2.75) is 6.42 Å². The van der Waals surface area contributed by atoms with Gasteiger partial charge in [-0.25, -0.2) is 4.79 Å². The summed E-state index contributed by atoms with van der Waals surface area (Å²) in [5, 5.41) is 16.6. The number of ether oxygens (including phenoxy) is 2. The molecule has 0 aliphatic carbocycles. The van der Waals surface area contributed by atoms with E-state index in [0.29, 0.717) is 17.9 Å². The third-order valence-corrected chi connectivity index (χ3v) is 4.31. The lowest BCUT2D eigenvalue weighted by molar-refractivity contribution is 0.0378. The zero-order valence-corrected chi connectivity index (χ0v) is 14.7. The highest BCUT2D eigenvalue weighted by Crippen LogP contribution is 2.30. The summed E-state index contributed by atoms with van der Waals surface area (Å²) >= 11 is 0. The van der Waals surface area contributed by atoms with Crippen LogP contribution >= 0.6 is 0 Å². The Hall–Kier alpha value is -2.58. The number of aromatic carboxylic acids is 1. The predicted molar refractivity (Wildman–Crippen MR) is 95.8 cm³/mol. The van der Waals surface area contributed by atoms with Crippen LogP contribution in [0.3, 0.4) is 0 Å². The van der Waals surface area contributed by atoms with Crippen molar-refractivity contribution < 1.29 is 23.9 Å². The van der Waals surface area contributed by atoms with E-state index in [0.717, 1.165) is 39.3 Å². The Kier molecular flexibility index (Phi) is 6.08. The SMILES string of the molecule is COc1ccc(-c2onc(NCCCN3CCOCC3)c2C(=O)O)cc1. The first-order valence-electron chi connectivity index (χ1n) is 8.60. The zero-order chi connectivity index (χ0) is 18.4. The van der Waals surface area contributed by atoms with E-state index in [4.69, 9.17) is 14.0 Å². The normalized spacial score (nSPS) is 15.0. The number of carbonyl (C=O) groups is 1. The van der Waals surface area contributed by atoms with Crippen molar-refractivity contribution in [2.24, 2.45) is 0 Å². The van der Waals surface area contributed by atoms with Gasteiger partial charge in [-0.1, -0.05) is 5.16 Å². The van der Waals surface area contributed by atoms with E-state index in [1.54, 1.807) is 31.4 Å². The number of carboxylic acids is 1. The minimum Gasteiger partial charge on any atom is -0.497 e. The van der Waals surface area contributed by atoms with Crippen molar-refractivity contribution in [2.75, 3.05) is 51.8 Å². The molecule has 0 atom stereocenters. The molecule has 1 saturated heterocycles. The van der Waals surface area contributed by atoms with Crippen LogP contribution in [0.2, 0.25) is 0 Å². The summed E-state index contributed by atoms with van der Waals surface area (Å²) in [5.41, 5.74) is 0.679. The van der Waals surface area contributed by atoms with Crippen molar-refractivity contribution in [1.29, 1.82) is 0 Å². The molecule has 1 aliphatic heterocycles. The first-order valence-corrected chi connectivity index (χ1v) is 8.60. The minimum absolute atomic E-state index is 0.0431. The maximum Gasteiger partial charge on any atom is 0.343 e. The fourth-order valence-corrected chi connectivity index (χ4v) is 2.88. The lowest BCUT2D eigenvalue weighted by Gasteiger charge is -2.26. The second kappa shape index (κ2) is 8.68. The van der Waals surface area contributed by atoms with E-state index in [1.807, 2.05) is 0 Å². The summed E-state index contributed by atoms with van der Waals surface area (Å²) in [6.45, 7) is 4.96. The van der Waals surface area contributed by atoms with Gasteiger partial charge < -0.3 is 24.4 Å². The molecule has 26 heavy (non-hydrogen) atoms. The summed E-state index contributed by atoms with van der Waals surface area (Å²) in [4.78, 5) is 14.0. The third-order valence-electron chi connectivity index (χ3n) is 4.31. The van der Waals surface area contributed by atoms with E-state index in [9.17, 15) is 9.90 Å². The lowest BCUT2D eigenvalue weighted by atomic mass is 10.1. The average molecular weight is 361 g/mol. The van der Waals surface area contributed by atoms with Crippen LogP contribution in [0.5, 0.6) is 5.75 Å². The fourth-order valence-electron chi connectivity index (χ4n) is 2.88. The molecule has 1 aliphatic rings. The number of nitrogens with zero attached hydrogens (tertiary/aromatic N) is 2. The molecule has 0 bridgehead atoms. The Balaban J connectivity index is 1.63. The molecule has 1 aromatic heterocycles. The Morgan fingerprint density at radius 2 is 2.04 bits per heavy atom. The van der Waals surface area contributed by atoms with Crippen LogP contribution in [0.1, 0.15) is 16.8 Å². The number of hydrogen-bond donors (Lipinski definition) is 2. The second-order valence-electron chi connectivity index (χ2n) is 6.00. The Morgan fingerprint density at radius 3 is 2.69 bits per heavy atom. The number of carboxylic acid groups (broad SMARTS) is 1. The first-order chi connectivity index (χ1) is 12.7. The minimum atomic E-state index is -1.08. The number of rotatable bonds is 8. The zero-order valence-electron chi connectivity index (χ0n) is 14.7. The largest absolute Gasteiger partial charge is 0.497 e. The van der Waals surface area contributed by atoms with E-state index in [-0.39, 0.29) is 17.1 Å². The molecule has 140 valence electrons. The number of nitrogens with one attached hydrogen (secondary N) is 1. The molecule has 0 spiro atoms. The molecule has 0 amide bonds. The monoisotopic (exact) mass is 361 g/mol. The highest BCUT2D eigenvalue weighted by atomic mass is 16.5. The molecular formula is C18H23N3O5. The second-order valence-corrected chi connectivity index (χ2v) is 6.00. The van der Waals surface area contributed by atoms with Crippen LogP contribution in [-0.2, 0) is 4.74 Å². The molecule has 0 unspecified atom stereocenters. The van der Waals surface area contributed by atoms with Crippen molar-refractivity contribution in [3.8, 4) is 17.1 Å². The van der Waals surface area contributed by atoms with Crippen molar-refractivity contribution in [3.05, 3.63) is 29.8 Å². The van der Waals surface area contributed by atoms with E-state index in [1.165, 1.54) is 0 Å². The summed E-state index contributed by atoms with van der Waals surface area (Å²) < 4.78 is 15.7. The number of morpholine rings is 1. The molecule has 1 fully saturated rings. The quantitative estimate of drug-likeness (QED) is 0.691. The summed E-state index contributed by atoms with van der Waals surface area (Å²) in [5.74, 6) is 0.0977. The van der Waals surface area contributed by atoms with Gasteiger partial charge in [0.25, 0.3) is 0 Å². The third kappa shape index (κ3) is 4.33. The van der Waals surface area contributed by atoms with Crippen molar-refractivity contribution in [3.63, 3.8) is 0 Å². The van der Waals surface area contributed by atoms with Crippen molar-refractivity contribution >= 4 is 11.8 Å². The molecule has 0 saturated carbocycles. The van der Waals surface area contributed by atoms with Gasteiger partial charge in [0.1, 0.15) is 5.75 Å². The predicted octanol–water partition coefficient (Wildman–Crippen LogP) is 2.18. The Bertz CT molecular complexity index is 723. The summed E-state index contributed by atoms with van der Waals surface area (Å²) in [6, 6.07) is 6.99. The molecule has 1 aromatic carbocycles. The molecule has 8 heteroatoms. The maximum atomic E-state index is 11.7. The fraction of sp³-hybridized carbons (Fsp3) is 0.444. The lowest BCUT2D eigenvalue weighted by Crippen LogP contribution is -2.37. The van der Waals surface area contributed by atoms with Gasteiger partial charge in [0.15, 0.2) is 17.1 Å². The molecule has 0 radical (unpaired) electrons. The van der Waals surface area contributed by atoms with Crippen molar-refractivity contribution in [1.82, 2.24) is 10.1 Å². The van der Waals surface area contributed by atoms with Gasteiger partial charge in [-0.2, -0.15) is 0 Å². The highest BCUT2D eigenvalue weighted by molar-refractivity contribution is 5.99. The van der Waals surface area contributed by atoms with Gasteiger partial charge in [-0.05, 0) is 37.2 Å². The standard InChI is InChI=1S/C18H23N3O5/c1-24-14-5-3-13(4-6-14)16-15(18(22)23)17(20-26-16)19-7-2-8-21-9-11-25-12-10-21/h3-6H,2,7-12H2,1H3,(H,19,20)(H,22,23). The number of anilines is 1. The van der Waals surface area contributed by atoms with Crippen LogP contribution in [0.25, 0.3) is 11.3 Å². The molecule has 2 heterocycles. The molecule has 2 aromatic rings. The van der Waals surface area contributed by atoms with Crippen LogP contribution in [0.15, 0.2) is 28.8 Å². The Labute approximate surface area is 151 Å². The number of benzene rings is 1. The topological polar surface area (TPSA) is 97.1 Å². The van der Waals surface area contributed by atoms with E-state index < -0.39 is 5.97 Å². The number of methoxy groups -OCH3 is 1. The van der Waals surface area contributed by atoms with Gasteiger partial charge in [0, 0.05) is 25.2 Å². The van der Waals surface area contributed by atoms with Gasteiger partial charge in [-0.15, -0.1) is 0 Å². The summed E-state index contributed by atoms with van der Waals surface area (Å²) in [6.07, 6.45) is 0.879. The van der Waals surface area contributed by atoms with Gasteiger partial charge >= 0.3 is 5.97 Å². The van der Waals surface area contributed by atoms with Crippen LogP contribution in [-0.4, -0.2) is 67.6 Å². The Morgan fingerprint density at radius 1 is 1.31 bits per heavy atom. The molecule has 3 rings (SSSR count). The van der Waals surface area contributed by atoms with Gasteiger partial charge in [0.05, 0.1) is 20.3 Å². The van der Waals surface area contributed by atoms with Crippen LogP contribution < -0.4 is 10.1 Å². The van der Waals surface area contributed by atoms with Crippen LogP contribution in [0, 0.1) is 0 Å². The van der Waals surface area contributed by atoms with E-state index in [2.05, 4.69) is 15.4 Å². The smallest absolute Gasteiger partial charge is 0.343 e. The summed E-state index contributed by atoms with van der Waals surface area (Å²) in [7, 11) is 1.57. The number of hydrogen-bond acceptors (Lipinski definition) is 7. The van der Waals surface area contributed by atoms with Crippen LogP contribution in [0.4, 0.5) is 5.82 Å². The highest BCUT2D eigenvalue weighted by Gasteiger charge is 2.23. The molecule has 8 nitrogen and oxygen atoms in total. The van der Waals surface area contributed by atoms with Gasteiger partial charge in [-0.3, -0.25) is 4.90 Å². The molecule has 2 N–H and O–H groups in total. The average Bonchev–Trinajstić information content (AvgIpc) is 3.10. The first kappa shape index (κ1) is 18.2. The number of aromatic nitrogens is 1. The maximum absolute atomic E-state index is 11.7.